The Hall–Kier alpha value is -2.01. The minimum Gasteiger partial charge on any atom is -0.393 e. The minimum atomic E-state index is -0.486. The fraction of sp³-hybridized carbons (Fsp3) is 0.737. The maximum Gasteiger partial charge on any atom is 0.225 e. The Morgan fingerprint density at radius 1 is 0.930 bits per heavy atom. The molecule has 4 nitrogen and oxygen atoms in total. The van der Waals surface area contributed by atoms with Crippen molar-refractivity contribution in [2.24, 2.45) is 50.2 Å². The molecule has 5 aliphatic rings. The molecule has 0 bridgehead atoms. The average molecular weight is 592 g/mol. The molecule has 0 aliphatic heterocycles. The smallest absolute Gasteiger partial charge is 0.225 e. The van der Waals surface area contributed by atoms with Gasteiger partial charge in [0.15, 0.2) is 5.78 Å². The first-order valence-corrected chi connectivity index (χ1v) is 17.0. The Bertz CT molecular complexity index is 1330. The molecule has 2 N–H and O–H groups in total. The molecule has 5 aliphatic carbocycles. The zero-order valence-electron chi connectivity index (χ0n) is 27.6. The van der Waals surface area contributed by atoms with Gasteiger partial charge in [-0.05, 0) is 127 Å². The molecule has 9 atom stereocenters. The van der Waals surface area contributed by atoms with Crippen molar-refractivity contribution in [1.29, 1.82) is 0 Å². The number of benzene rings is 1. The van der Waals surface area contributed by atoms with Crippen LogP contribution in [0.25, 0.3) is 0 Å². The number of carbonyl (C=O) groups is 2. The average Bonchev–Trinajstić information content (AvgIpc) is 2.94. The van der Waals surface area contributed by atoms with Crippen LogP contribution in [0.3, 0.4) is 0 Å². The van der Waals surface area contributed by atoms with Crippen molar-refractivity contribution in [2.45, 2.75) is 119 Å². The minimum absolute atomic E-state index is 0.0339. The van der Waals surface area contributed by atoms with Gasteiger partial charge in [-0.25, -0.2) is 4.39 Å². The van der Waals surface area contributed by atoms with Crippen LogP contribution in [0.4, 0.5) is 4.39 Å². The predicted molar refractivity (Wildman–Crippen MR) is 169 cm³/mol. The molecule has 1 unspecified atom stereocenters. The van der Waals surface area contributed by atoms with E-state index in [1.807, 2.05) is 0 Å². The number of nitrogens with one attached hydrogen (secondary N) is 1. The number of ketones is 1. The highest BCUT2D eigenvalue weighted by atomic mass is 19.1. The van der Waals surface area contributed by atoms with Crippen LogP contribution in [0, 0.1) is 56.1 Å². The van der Waals surface area contributed by atoms with E-state index in [1.165, 1.54) is 17.7 Å². The topological polar surface area (TPSA) is 66.4 Å². The molecule has 0 radical (unpaired) electrons. The lowest BCUT2D eigenvalue weighted by Crippen LogP contribution is -2.66. The van der Waals surface area contributed by atoms with Crippen molar-refractivity contribution in [3.8, 4) is 0 Å². The molecule has 236 valence electrons. The third-order valence-corrected chi connectivity index (χ3v) is 14.7. The van der Waals surface area contributed by atoms with Crippen LogP contribution in [0.1, 0.15) is 112 Å². The molecule has 0 aromatic heterocycles. The van der Waals surface area contributed by atoms with E-state index in [0.29, 0.717) is 24.7 Å². The highest BCUT2D eigenvalue weighted by Gasteiger charge is 2.70. The zero-order valence-corrected chi connectivity index (χ0v) is 27.6. The largest absolute Gasteiger partial charge is 0.393 e. The number of fused-ring (bicyclic) bond motifs is 7. The van der Waals surface area contributed by atoms with Gasteiger partial charge in [0.2, 0.25) is 5.91 Å². The summed E-state index contributed by atoms with van der Waals surface area (Å²) >= 11 is 0. The summed E-state index contributed by atoms with van der Waals surface area (Å²) in [6, 6.07) is 6.50. The number of carbonyl (C=O) groups excluding carboxylic acids is 2. The lowest BCUT2D eigenvalue weighted by molar-refractivity contribution is -0.202. The number of allylic oxidation sites excluding steroid dienone is 2. The SMILES string of the molecule is CC1(C)[C@@H](O)CC[C@]2(C)C3C(=O)C=C4[C@@H]5C[C@@](C)(C(=O)NCCc6ccc(F)cc6)CC[C@]5(C)CC[C@@]4(C)[C@]3(C)CC[C@@H]12. The summed E-state index contributed by atoms with van der Waals surface area (Å²) < 4.78 is 13.3. The van der Waals surface area contributed by atoms with Gasteiger partial charge in [-0.15, -0.1) is 0 Å². The van der Waals surface area contributed by atoms with E-state index in [1.54, 1.807) is 12.1 Å². The standard InChI is InChI=1S/C38H54FNO3/c1-33(2)29-12-16-38(7)31(36(29,5)15-13-30(33)42)28(41)22-26-27-23-35(4,18-17-34(27,3)19-20-37(26,38)6)32(43)40-21-14-24-8-10-25(39)11-9-24/h8-11,22,27,29-31,42H,12-21,23H2,1-7H3,(H,40,43)/t27-,29-,30-,31?,34+,35-,36-,37+,38+/m0/s1. The molecule has 0 heterocycles. The fourth-order valence-corrected chi connectivity index (χ4v) is 11.6. The molecule has 1 aromatic carbocycles. The first kappa shape index (κ1) is 31.0. The summed E-state index contributed by atoms with van der Waals surface area (Å²) in [5.41, 5.74) is 1.42. The number of halogens is 1. The molecule has 0 saturated heterocycles. The van der Waals surface area contributed by atoms with E-state index in [-0.39, 0.29) is 56.7 Å². The van der Waals surface area contributed by atoms with Crippen molar-refractivity contribution >= 4 is 11.7 Å². The van der Waals surface area contributed by atoms with Crippen molar-refractivity contribution < 1.29 is 19.1 Å². The normalized spacial score (nSPS) is 45.1. The van der Waals surface area contributed by atoms with Crippen LogP contribution < -0.4 is 5.32 Å². The second-order valence-corrected chi connectivity index (χ2v) is 17.3. The third kappa shape index (κ3) is 4.44. The number of aliphatic hydroxyl groups excluding tert-OH is 1. The third-order valence-electron chi connectivity index (χ3n) is 14.7. The monoisotopic (exact) mass is 591 g/mol. The van der Waals surface area contributed by atoms with Gasteiger partial charge < -0.3 is 10.4 Å². The highest BCUT2D eigenvalue weighted by molar-refractivity contribution is 5.95. The van der Waals surface area contributed by atoms with Gasteiger partial charge >= 0.3 is 0 Å². The van der Waals surface area contributed by atoms with Crippen molar-refractivity contribution in [1.82, 2.24) is 5.32 Å². The number of hydrogen-bond acceptors (Lipinski definition) is 3. The van der Waals surface area contributed by atoms with E-state index in [4.69, 9.17) is 0 Å². The highest BCUT2D eigenvalue weighted by Crippen LogP contribution is 2.75. The summed E-state index contributed by atoms with van der Waals surface area (Å²) in [6.07, 6.45) is 11.0. The van der Waals surface area contributed by atoms with Gasteiger partial charge in [-0.3, -0.25) is 9.59 Å². The maximum atomic E-state index is 14.5. The maximum absolute atomic E-state index is 14.5. The van der Waals surface area contributed by atoms with E-state index in [2.05, 4.69) is 59.9 Å². The van der Waals surface area contributed by atoms with Gasteiger partial charge in [0.25, 0.3) is 0 Å². The van der Waals surface area contributed by atoms with Gasteiger partial charge in [-0.1, -0.05) is 66.2 Å². The van der Waals surface area contributed by atoms with Crippen LogP contribution >= 0.6 is 0 Å². The van der Waals surface area contributed by atoms with E-state index >= 15 is 0 Å². The summed E-state index contributed by atoms with van der Waals surface area (Å²) in [5, 5.41) is 14.2. The Morgan fingerprint density at radius 2 is 1.60 bits per heavy atom. The Labute approximate surface area is 258 Å². The van der Waals surface area contributed by atoms with E-state index < -0.39 is 5.41 Å². The molecule has 1 amide bonds. The Morgan fingerprint density at radius 3 is 2.30 bits per heavy atom. The van der Waals surface area contributed by atoms with Crippen LogP contribution in [-0.2, 0) is 16.0 Å². The van der Waals surface area contributed by atoms with Crippen LogP contribution in [0.2, 0.25) is 0 Å². The molecule has 1 aromatic rings. The summed E-state index contributed by atoms with van der Waals surface area (Å²) in [6.45, 7) is 16.8. The van der Waals surface area contributed by atoms with Crippen molar-refractivity contribution in [3.63, 3.8) is 0 Å². The number of hydrogen-bond donors (Lipinski definition) is 2. The molecule has 43 heavy (non-hydrogen) atoms. The lowest BCUT2D eigenvalue weighted by atomic mass is 9.33. The second kappa shape index (κ2) is 9.99. The van der Waals surface area contributed by atoms with E-state index in [0.717, 1.165) is 63.4 Å². The molecule has 5 heteroatoms. The van der Waals surface area contributed by atoms with Crippen LogP contribution in [0.5, 0.6) is 0 Å². The zero-order chi connectivity index (χ0) is 31.2. The summed E-state index contributed by atoms with van der Waals surface area (Å²) in [7, 11) is 0. The first-order valence-electron chi connectivity index (χ1n) is 17.0. The molecule has 4 saturated carbocycles. The first-order chi connectivity index (χ1) is 20.0. The van der Waals surface area contributed by atoms with E-state index in [9.17, 15) is 19.1 Å². The Kier molecular flexibility index (Phi) is 7.20. The molecule has 4 fully saturated rings. The fourth-order valence-electron chi connectivity index (χ4n) is 11.6. The number of amides is 1. The predicted octanol–water partition coefficient (Wildman–Crippen LogP) is 7.83. The van der Waals surface area contributed by atoms with Gasteiger partial charge in [0, 0.05) is 17.9 Å². The van der Waals surface area contributed by atoms with Gasteiger partial charge in [0.05, 0.1) is 6.10 Å². The molecular formula is C38H54FNO3. The lowest BCUT2D eigenvalue weighted by Gasteiger charge is -2.70. The number of rotatable bonds is 4. The molecule has 0 spiro atoms. The van der Waals surface area contributed by atoms with Crippen molar-refractivity contribution in [2.75, 3.05) is 6.54 Å². The van der Waals surface area contributed by atoms with Crippen LogP contribution in [0.15, 0.2) is 35.9 Å². The van der Waals surface area contributed by atoms with Gasteiger partial charge in [-0.2, -0.15) is 0 Å². The summed E-state index contributed by atoms with van der Waals surface area (Å²) in [5.74, 6) is 0.665. The Balaban J connectivity index is 1.28. The molecular weight excluding hydrogens is 537 g/mol. The quantitative estimate of drug-likeness (QED) is 0.375. The summed E-state index contributed by atoms with van der Waals surface area (Å²) in [4.78, 5) is 28.3. The molecule has 6 rings (SSSR count). The number of aliphatic hydroxyl groups is 1. The van der Waals surface area contributed by atoms with Gasteiger partial charge in [0.1, 0.15) is 5.82 Å². The van der Waals surface area contributed by atoms with Crippen molar-refractivity contribution in [3.05, 3.63) is 47.3 Å². The van der Waals surface area contributed by atoms with Crippen LogP contribution in [-0.4, -0.2) is 29.4 Å². The second-order valence-electron chi connectivity index (χ2n) is 17.3.